The number of hydrogen-bond donors (Lipinski definition) is 0. The van der Waals surface area contributed by atoms with Crippen LogP contribution in [0.3, 0.4) is 0 Å². The maximum absolute atomic E-state index is 13.4. The molecule has 0 unspecified atom stereocenters. The molecule has 0 aliphatic carbocycles. The third-order valence-corrected chi connectivity index (χ3v) is 7.03. The molecule has 1 heterocycles. The molecule has 4 rings (SSSR count). The number of hydrogen-bond acceptors (Lipinski definition) is 7. The first-order valence-electron chi connectivity index (χ1n) is 11.7. The molecule has 0 N–H and O–H groups in total. The van der Waals surface area contributed by atoms with Crippen molar-refractivity contribution < 1.29 is 44.5 Å². The standard InChI is InChI=1S/C28H24F3NO7S/c1-36-22-11-9-20(10-12-22)27(33)32(18-23-6-4-14-38-23)17-19-8-13-25(37-2)26(15-19)39-40(34,35)24-7-3-5-21(16-24)28(29,30)31/h3-16H,17-18H2,1-2H3. The molecule has 1 aromatic heterocycles. The number of rotatable bonds is 10. The molecule has 0 aliphatic rings. The number of furan rings is 1. The number of benzene rings is 3. The number of nitrogens with zero attached hydrogens (tertiary/aromatic N) is 1. The third kappa shape index (κ3) is 6.75. The SMILES string of the molecule is COc1ccc(C(=O)N(Cc2ccc(OC)c(OS(=O)(=O)c3cccc(C(F)(F)F)c3)c2)Cc2ccco2)cc1. The van der Waals surface area contributed by atoms with Gasteiger partial charge in [-0.15, -0.1) is 0 Å². The van der Waals surface area contributed by atoms with E-state index in [2.05, 4.69) is 0 Å². The van der Waals surface area contributed by atoms with E-state index in [1.165, 1.54) is 37.5 Å². The molecule has 3 aromatic carbocycles. The maximum Gasteiger partial charge on any atom is 0.416 e. The van der Waals surface area contributed by atoms with E-state index in [0.717, 1.165) is 18.2 Å². The van der Waals surface area contributed by atoms with Gasteiger partial charge in [-0.2, -0.15) is 21.6 Å². The van der Waals surface area contributed by atoms with Crippen LogP contribution in [0.2, 0.25) is 0 Å². The van der Waals surface area contributed by atoms with E-state index in [1.54, 1.807) is 42.5 Å². The molecule has 0 fully saturated rings. The van der Waals surface area contributed by atoms with Crippen LogP contribution in [0.4, 0.5) is 13.2 Å². The number of alkyl halides is 3. The lowest BCUT2D eigenvalue weighted by Gasteiger charge is -2.23. The Morgan fingerprint density at radius 3 is 2.25 bits per heavy atom. The average molecular weight is 576 g/mol. The minimum atomic E-state index is -4.74. The summed E-state index contributed by atoms with van der Waals surface area (Å²) in [5.74, 6) is 0.520. The number of methoxy groups -OCH3 is 2. The summed E-state index contributed by atoms with van der Waals surface area (Å²) in [4.78, 5) is 14.2. The smallest absolute Gasteiger partial charge is 0.416 e. The van der Waals surface area contributed by atoms with Crippen molar-refractivity contribution in [3.63, 3.8) is 0 Å². The van der Waals surface area contributed by atoms with Crippen molar-refractivity contribution in [2.45, 2.75) is 24.2 Å². The number of ether oxygens (including phenoxy) is 2. The first-order valence-corrected chi connectivity index (χ1v) is 13.2. The van der Waals surface area contributed by atoms with E-state index in [-0.39, 0.29) is 30.5 Å². The van der Waals surface area contributed by atoms with Crippen LogP contribution in [0.1, 0.15) is 27.2 Å². The van der Waals surface area contributed by atoms with E-state index < -0.39 is 26.8 Å². The second-order valence-electron chi connectivity index (χ2n) is 8.52. The minimum absolute atomic E-state index is 0.00945. The number of carbonyl (C=O) groups is 1. The summed E-state index contributed by atoms with van der Waals surface area (Å²) in [5, 5.41) is 0. The molecule has 0 saturated heterocycles. The van der Waals surface area contributed by atoms with Gasteiger partial charge in [-0.25, -0.2) is 0 Å². The number of carbonyl (C=O) groups excluding carboxylic acids is 1. The lowest BCUT2D eigenvalue weighted by Crippen LogP contribution is -2.30. The molecule has 0 bridgehead atoms. The normalized spacial score (nSPS) is 11.6. The summed E-state index contributed by atoms with van der Waals surface area (Å²) in [5.41, 5.74) is -0.295. The second-order valence-corrected chi connectivity index (χ2v) is 10.1. The number of halogens is 3. The van der Waals surface area contributed by atoms with Crippen LogP contribution < -0.4 is 13.7 Å². The van der Waals surface area contributed by atoms with E-state index in [9.17, 15) is 26.4 Å². The van der Waals surface area contributed by atoms with Crippen molar-refractivity contribution in [1.29, 1.82) is 0 Å². The van der Waals surface area contributed by atoms with Gasteiger partial charge in [0.1, 0.15) is 16.4 Å². The van der Waals surface area contributed by atoms with Crippen LogP contribution in [-0.2, 0) is 29.4 Å². The second kappa shape index (κ2) is 11.7. The molecule has 8 nitrogen and oxygen atoms in total. The van der Waals surface area contributed by atoms with Crippen LogP contribution >= 0.6 is 0 Å². The van der Waals surface area contributed by atoms with E-state index in [1.807, 2.05) is 0 Å². The fourth-order valence-corrected chi connectivity index (χ4v) is 4.78. The van der Waals surface area contributed by atoms with Gasteiger partial charge in [0.2, 0.25) is 0 Å². The fraction of sp³-hybridized carbons (Fsp3) is 0.179. The average Bonchev–Trinajstić information content (AvgIpc) is 3.45. The molecular formula is C28H24F3NO7S. The van der Waals surface area contributed by atoms with Crippen LogP contribution in [0, 0.1) is 0 Å². The van der Waals surface area contributed by atoms with Crippen LogP contribution in [-0.4, -0.2) is 33.4 Å². The van der Waals surface area contributed by atoms with Gasteiger partial charge in [-0.3, -0.25) is 4.79 Å². The number of amides is 1. The van der Waals surface area contributed by atoms with Crippen molar-refractivity contribution in [3.05, 3.63) is 108 Å². The predicted molar refractivity (Wildman–Crippen MR) is 138 cm³/mol. The zero-order valence-electron chi connectivity index (χ0n) is 21.3. The Kier molecular flexibility index (Phi) is 8.38. The molecule has 0 spiro atoms. The van der Waals surface area contributed by atoms with E-state index in [0.29, 0.717) is 28.7 Å². The van der Waals surface area contributed by atoms with Crippen molar-refractivity contribution >= 4 is 16.0 Å². The highest BCUT2D eigenvalue weighted by atomic mass is 32.2. The quantitative estimate of drug-likeness (QED) is 0.217. The summed E-state index contributed by atoms with van der Waals surface area (Å²) < 4.78 is 86.2. The molecule has 4 aromatic rings. The molecule has 0 atom stereocenters. The molecule has 1 amide bonds. The Labute approximate surface area is 228 Å². The van der Waals surface area contributed by atoms with E-state index >= 15 is 0 Å². The Hall–Kier alpha value is -4.45. The summed E-state index contributed by atoms with van der Waals surface area (Å²) in [6.45, 7) is 0.109. The van der Waals surface area contributed by atoms with Gasteiger partial charge in [0.05, 0.1) is 32.6 Å². The highest BCUT2D eigenvalue weighted by molar-refractivity contribution is 7.87. The lowest BCUT2D eigenvalue weighted by molar-refractivity contribution is -0.137. The van der Waals surface area contributed by atoms with Crippen LogP contribution in [0.15, 0.2) is 94.4 Å². The molecule has 0 radical (unpaired) electrons. The largest absolute Gasteiger partial charge is 0.497 e. The van der Waals surface area contributed by atoms with Crippen molar-refractivity contribution in [2.24, 2.45) is 0 Å². The summed E-state index contributed by atoms with van der Waals surface area (Å²) >= 11 is 0. The topological polar surface area (TPSA) is 95.3 Å². The van der Waals surface area contributed by atoms with E-state index in [4.69, 9.17) is 18.1 Å². The zero-order valence-corrected chi connectivity index (χ0v) is 22.2. The van der Waals surface area contributed by atoms with Crippen molar-refractivity contribution in [3.8, 4) is 17.2 Å². The first-order chi connectivity index (χ1) is 19.0. The van der Waals surface area contributed by atoms with Gasteiger partial charge in [-0.1, -0.05) is 12.1 Å². The molecule has 0 saturated carbocycles. The Balaban J connectivity index is 1.64. The van der Waals surface area contributed by atoms with Gasteiger partial charge in [0, 0.05) is 12.1 Å². The third-order valence-electron chi connectivity index (χ3n) is 5.80. The molecule has 40 heavy (non-hydrogen) atoms. The highest BCUT2D eigenvalue weighted by Crippen LogP contribution is 2.34. The first kappa shape index (κ1) is 28.6. The highest BCUT2D eigenvalue weighted by Gasteiger charge is 2.32. The fourth-order valence-electron chi connectivity index (χ4n) is 3.81. The Morgan fingerprint density at radius 1 is 0.875 bits per heavy atom. The minimum Gasteiger partial charge on any atom is -0.497 e. The van der Waals surface area contributed by atoms with Gasteiger partial charge in [0.25, 0.3) is 5.91 Å². The van der Waals surface area contributed by atoms with Crippen molar-refractivity contribution in [1.82, 2.24) is 4.90 Å². The zero-order chi connectivity index (χ0) is 28.9. The monoisotopic (exact) mass is 575 g/mol. The Bertz CT molecular complexity index is 1570. The van der Waals surface area contributed by atoms with Gasteiger partial charge < -0.3 is 23.0 Å². The maximum atomic E-state index is 13.4. The molecular weight excluding hydrogens is 551 g/mol. The lowest BCUT2D eigenvalue weighted by atomic mass is 10.1. The summed E-state index contributed by atoms with van der Waals surface area (Å²) in [6.07, 6.45) is -3.26. The molecule has 0 aliphatic heterocycles. The van der Waals surface area contributed by atoms with Gasteiger partial charge in [0.15, 0.2) is 11.5 Å². The molecule has 210 valence electrons. The summed E-state index contributed by atoms with van der Waals surface area (Å²) in [7, 11) is -1.87. The van der Waals surface area contributed by atoms with Gasteiger partial charge >= 0.3 is 16.3 Å². The summed E-state index contributed by atoms with van der Waals surface area (Å²) in [6, 6.07) is 17.5. The predicted octanol–water partition coefficient (Wildman–Crippen LogP) is 5.93. The van der Waals surface area contributed by atoms with Crippen LogP contribution in [0.25, 0.3) is 0 Å². The van der Waals surface area contributed by atoms with Crippen molar-refractivity contribution in [2.75, 3.05) is 14.2 Å². The Morgan fingerprint density at radius 2 is 1.62 bits per heavy atom. The van der Waals surface area contributed by atoms with Crippen LogP contribution in [0.5, 0.6) is 17.2 Å². The van der Waals surface area contributed by atoms with Gasteiger partial charge in [-0.05, 0) is 72.3 Å². The molecule has 12 heteroatoms.